The second-order valence-corrected chi connectivity index (χ2v) is 10.1. The van der Waals surface area contributed by atoms with Gasteiger partial charge < -0.3 is 25.4 Å². The van der Waals surface area contributed by atoms with Gasteiger partial charge in [0.25, 0.3) is 0 Å². The Balaban J connectivity index is 1.49. The van der Waals surface area contributed by atoms with Gasteiger partial charge in [0.1, 0.15) is 12.2 Å². The summed E-state index contributed by atoms with van der Waals surface area (Å²) >= 11 is 0. The first kappa shape index (κ1) is 19.6. The summed E-state index contributed by atoms with van der Waals surface area (Å²) in [6, 6.07) is 3.44. The number of benzene rings is 1. The molecular weight excluding hydrogens is 396 g/mol. The highest BCUT2D eigenvalue weighted by Gasteiger charge is 2.75. The van der Waals surface area contributed by atoms with E-state index in [9.17, 15) is 20.1 Å². The summed E-state index contributed by atoms with van der Waals surface area (Å²) in [6.45, 7) is 5.73. The fraction of sp³-hybridized carbons (Fsp3) is 0.625. The lowest BCUT2D eigenvalue weighted by atomic mass is 9.47. The standard InChI is InChI=1S/C24H30N2O5/c1-2-8-25-22(29)15-11-24(30)17-10-14-5-6-16(27)20-18(14)23(24,21(31-20)19(15)28)7-9-26(17)12-13-3-4-13/h2,5-6,13,15,17,19,21,27-28,30H,1,3-4,7-12H2,(H,25,29)/t15-,17-,19+,21+,23+,24-/m1/s1. The van der Waals surface area contributed by atoms with E-state index in [1.165, 1.54) is 12.8 Å². The summed E-state index contributed by atoms with van der Waals surface area (Å²) in [5.74, 6) is 0.0113. The highest BCUT2D eigenvalue weighted by Crippen LogP contribution is 2.66. The molecule has 5 aliphatic rings. The average Bonchev–Trinajstić information content (AvgIpc) is 3.49. The van der Waals surface area contributed by atoms with E-state index in [0.29, 0.717) is 31.1 Å². The molecule has 0 radical (unpaired) electrons. The maximum atomic E-state index is 13.0. The number of aliphatic hydroxyl groups is 2. The van der Waals surface area contributed by atoms with Crippen molar-refractivity contribution in [3.63, 3.8) is 0 Å². The second kappa shape index (κ2) is 6.47. The lowest BCUT2D eigenvalue weighted by Gasteiger charge is -2.64. The summed E-state index contributed by atoms with van der Waals surface area (Å²) in [5, 5.41) is 37.1. The summed E-state index contributed by atoms with van der Waals surface area (Å²) < 4.78 is 6.22. The van der Waals surface area contributed by atoms with Crippen molar-refractivity contribution in [2.75, 3.05) is 19.6 Å². The number of ether oxygens (including phenoxy) is 1. The van der Waals surface area contributed by atoms with Crippen molar-refractivity contribution in [2.45, 2.75) is 61.4 Å². The van der Waals surface area contributed by atoms with E-state index < -0.39 is 29.1 Å². The number of carbonyl (C=O) groups excluding carboxylic acids is 1. The molecule has 1 aromatic rings. The Morgan fingerprint density at radius 1 is 1.39 bits per heavy atom. The quantitative estimate of drug-likeness (QED) is 0.521. The maximum Gasteiger partial charge on any atom is 0.226 e. The lowest BCUT2D eigenvalue weighted by Crippen LogP contribution is -2.79. The Labute approximate surface area is 181 Å². The van der Waals surface area contributed by atoms with Crippen molar-refractivity contribution in [1.29, 1.82) is 0 Å². The SMILES string of the molecule is C=CCNC(=O)[C@@H]1C[C@@]2(O)[C@H]3Cc4ccc(O)c5c4[C@@]2(CCN3CC2CC2)[C@@H](O5)[C@H]1O. The number of likely N-dealkylation sites (tertiary alicyclic amines) is 1. The molecule has 4 N–H and O–H groups in total. The van der Waals surface area contributed by atoms with Gasteiger partial charge in [-0.25, -0.2) is 0 Å². The van der Waals surface area contributed by atoms with E-state index in [2.05, 4.69) is 16.8 Å². The highest BCUT2D eigenvalue weighted by atomic mass is 16.5. The number of hydrogen-bond donors (Lipinski definition) is 4. The van der Waals surface area contributed by atoms with Gasteiger partial charge in [-0.15, -0.1) is 6.58 Å². The Morgan fingerprint density at radius 2 is 2.19 bits per heavy atom. The van der Waals surface area contributed by atoms with Crippen LogP contribution < -0.4 is 10.1 Å². The van der Waals surface area contributed by atoms with Crippen LogP contribution in [0, 0.1) is 11.8 Å². The van der Waals surface area contributed by atoms with Gasteiger partial charge in [-0.2, -0.15) is 0 Å². The van der Waals surface area contributed by atoms with Crippen molar-refractivity contribution >= 4 is 5.91 Å². The molecule has 2 aliphatic heterocycles. The van der Waals surface area contributed by atoms with Crippen LogP contribution in [0.1, 0.15) is 36.8 Å². The predicted octanol–water partition coefficient (Wildman–Crippen LogP) is 0.845. The number of nitrogens with zero attached hydrogens (tertiary/aromatic N) is 1. The van der Waals surface area contributed by atoms with E-state index in [0.717, 1.165) is 24.2 Å². The molecule has 31 heavy (non-hydrogen) atoms. The molecule has 2 heterocycles. The predicted molar refractivity (Wildman–Crippen MR) is 113 cm³/mol. The summed E-state index contributed by atoms with van der Waals surface area (Å²) in [6.07, 6.45) is 3.70. The summed E-state index contributed by atoms with van der Waals surface area (Å²) in [5.41, 5.74) is -0.0983. The van der Waals surface area contributed by atoms with Crippen molar-refractivity contribution in [1.82, 2.24) is 10.2 Å². The lowest BCUT2D eigenvalue weighted by molar-refractivity contribution is -0.223. The number of nitrogens with one attached hydrogen (secondary N) is 1. The Kier molecular flexibility index (Phi) is 4.08. The number of aliphatic hydroxyl groups excluding tert-OH is 1. The first-order chi connectivity index (χ1) is 14.9. The van der Waals surface area contributed by atoms with Gasteiger partial charge in [-0.1, -0.05) is 12.1 Å². The minimum absolute atomic E-state index is 0.0311. The zero-order valence-electron chi connectivity index (χ0n) is 17.6. The number of carbonyl (C=O) groups is 1. The van der Waals surface area contributed by atoms with E-state index >= 15 is 0 Å². The average molecular weight is 427 g/mol. The van der Waals surface area contributed by atoms with Gasteiger partial charge in [-0.3, -0.25) is 9.69 Å². The van der Waals surface area contributed by atoms with Crippen LogP contribution in [-0.2, 0) is 16.6 Å². The van der Waals surface area contributed by atoms with E-state index in [1.807, 2.05) is 6.07 Å². The zero-order chi connectivity index (χ0) is 21.5. The molecule has 1 saturated heterocycles. The molecule has 0 aromatic heterocycles. The monoisotopic (exact) mass is 426 g/mol. The van der Waals surface area contributed by atoms with E-state index in [4.69, 9.17) is 4.74 Å². The summed E-state index contributed by atoms with van der Waals surface area (Å²) in [4.78, 5) is 15.4. The molecule has 3 fully saturated rings. The molecule has 3 aliphatic carbocycles. The fourth-order valence-electron chi connectivity index (χ4n) is 7.04. The molecule has 7 nitrogen and oxygen atoms in total. The fourth-order valence-corrected chi connectivity index (χ4v) is 7.04. The zero-order valence-corrected chi connectivity index (χ0v) is 17.6. The Morgan fingerprint density at radius 3 is 2.94 bits per heavy atom. The minimum atomic E-state index is -1.22. The number of aromatic hydroxyl groups is 1. The maximum absolute atomic E-state index is 13.0. The molecule has 6 atom stereocenters. The number of hydrogen-bond acceptors (Lipinski definition) is 6. The second-order valence-electron chi connectivity index (χ2n) is 10.1. The van der Waals surface area contributed by atoms with Crippen molar-refractivity contribution < 1.29 is 24.9 Å². The van der Waals surface area contributed by atoms with E-state index in [-0.39, 0.29) is 24.1 Å². The third kappa shape index (κ3) is 2.42. The minimum Gasteiger partial charge on any atom is -0.504 e. The first-order valence-electron chi connectivity index (χ1n) is 11.5. The number of rotatable bonds is 5. The van der Waals surface area contributed by atoms with Crippen LogP contribution in [-0.4, -0.2) is 69.6 Å². The van der Waals surface area contributed by atoms with Crippen LogP contribution in [0.3, 0.4) is 0 Å². The Hall–Kier alpha value is -2.09. The molecule has 1 amide bonds. The number of phenols is 1. The highest BCUT2D eigenvalue weighted by molar-refractivity contribution is 5.80. The van der Waals surface area contributed by atoms with Crippen LogP contribution in [0.4, 0.5) is 0 Å². The van der Waals surface area contributed by atoms with Crippen LogP contribution in [0.15, 0.2) is 24.8 Å². The van der Waals surface area contributed by atoms with Crippen LogP contribution in [0.2, 0.25) is 0 Å². The number of amides is 1. The summed E-state index contributed by atoms with van der Waals surface area (Å²) in [7, 11) is 0. The van der Waals surface area contributed by atoms with Gasteiger partial charge in [0.2, 0.25) is 5.91 Å². The smallest absolute Gasteiger partial charge is 0.226 e. The van der Waals surface area contributed by atoms with Gasteiger partial charge >= 0.3 is 0 Å². The van der Waals surface area contributed by atoms with Crippen LogP contribution in [0.25, 0.3) is 0 Å². The first-order valence-corrected chi connectivity index (χ1v) is 11.5. The molecule has 0 unspecified atom stereocenters. The topological polar surface area (TPSA) is 102 Å². The third-order valence-corrected chi connectivity index (χ3v) is 8.57. The number of phenolic OH excluding ortho intramolecular Hbond substituents is 1. The van der Waals surface area contributed by atoms with Gasteiger partial charge in [0.05, 0.1) is 16.9 Å². The van der Waals surface area contributed by atoms with Crippen LogP contribution in [0.5, 0.6) is 11.5 Å². The van der Waals surface area contributed by atoms with E-state index in [1.54, 1.807) is 12.1 Å². The molecule has 2 bridgehead atoms. The molecule has 7 heteroatoms. The van der Waals surface area contributed by atoms with Crippen LogP contribution >= 0.6 is 0 Å². The molecule has 1 aromatic carbocycles. The largest absolute Gasteiger partial charge is 0.504 e. The third-order valence-electron chi connectivity index (χ3n) is 8.57. The van der Waals surface area contributed by atoms with Crippen molar-refractivity contribution in [2.24, 2.45) is 11.8 Å². The molecule has 2 saturated carbocycles. The Bertz CT molecular complexity index is 962. The van der Waals surface area contributed by atoms with Gasteiger partial charge in [0.15, 0.2) is 11.5 Å². The number of piperidine rings is 1. The molecule has 166 valence electrons. The molecular formula is C24H30N2O5. The van der Waals surface area contributed by atoms with Gasteiger partial charge in [-0.05, 0) is 56.2 Å². The molecule has 1 spiro atoms. The van der Waals surface area contributed by atoms with Gasteiger partial charge in [0, 0.05) is 24.7 Å². The van der Waals surface area contributed by atoms with Crippen molar-refractivity contribution in [3.8, 4) is 11.5 Å². The van der Waals surface area contributed by atoms with Crippen molar-refractivity contribution in [3.05, 3.63) is 35.9 Å². The molecule has 6 rings (SSSR count). The normalized spacial score (nSPS) is 40.1.